The second-order valence-corrected chi connectivity index (χ2v) is 8.97. The Hall–Kier alpha value is -3.49. The molecular formula is C24H28N4O5. The average Bonchev–Trinajstić information content (AvgIpc) is 3.18. The average molecular weight is 453 g/mol. The maximum Gasteiger partial charge on any atom is 0.409 e. The van der Waals surface area contributed by atoms with Gasteiger partial charge in [-0.2, -0.15) is 0 Å². The largest absolute Gasteiger partial charge is 0.482 e. The van der Waals surface area contributed by atoms with Gasteiger partial charge < -0.3 is 24.7 Å². The van der Waals surface area contributed by atoms with E-state index < -0.39 is 0 Å². The van der Waals surface area contributed by atoms with Gasteiger partial charge in [-0.05, 0) is 37.2 Å². The lowest BCUT2D eigenvalue weighted by atomic mass is 9.77. The number of nitrogens with one attached hydrogen (secondary N) is 1. The summed E-state index contributed by atoms with van der Waals surface area (Å²) in [5.41, 5.74) is 4.15. The number of likely N-dealkylation sites (tertiary alicyclic amines) is 1. The number of rotatable bonds is 4. The molecule has 0 saturated carbocycles. The first-order chi connectivity index (χ1) is 16.0. The van der Waals surface area contributed by atoms with Crippen molar-refractivity contribution in [2.45, 2.75) is 39.0 Å². The lowest BCUT2D eigenvalue weighted by molar-refractivity contribution is 0.0601. The van der Waals surface area contributed by atoms with E-state index in [0.717, 1.165) is 24.8 Å². The fraction of sp³-hybridized carbons (Fsp3) is 0.458. The van der Waals surface area contributed by atoms with Crippen molar-refractivity contribution in [3.63, 3.8) is 0 Å². The topological polar surface area (TPSA) is 93.1 Å². The molecule has 0 bridgehead atoms. The summed E-state index contributed by atoms with van der Waals surface area (Å²) >= 11 is 0. The summed E-state index contributed by atoms with van der Waals surface area (Å²) in [6.45, 7) is 4.18. The highest BCUT2D eigenvalue weighted by molar-refractivity contribution is 5.96. The number of carbonyl (C=O) groups is 2. The Labute approximate surface area is 191 Å². The van der Waals surface area contributed by atoms with Crippen LogP contribution >= 0.6 is 0 Å². The second-order valence-electron chi connectivity index (χ2n) is 8.97. The van der Waals surface area contributed by atoms with Gasteiger partial charge in [0, 0.05) is 31.9 Å². The monoisotopic (exact) mass is 452 g/mol. The van der Waals surface area contributed by atoms with E-state index in [0.29, 0.717) is 26.2 Å². The Balaban J connectivity index is 1.34. The number of piperidine rings is 1. The van der Waals surface area contributed by atoms with Crippen molar-refractivity contribution in [3.05, 3.63) is 64.1 Å². The fourth-order valence-corrected chi connectivity index (χ4v) is 5.12. The Bertz CT molecular complexity index is 1110. The molecule has 9 heteroatoms. The molecule has 2 saturated heterocycles. The molecule has 0 radical (unpaired) electrons. The van der Waals surface area contributed by atoms with Crippen molar-refractivity contribution in [3.8, 4) is 5.75 Å². The Morgan fingerprint density at radius 3 is 2.64 bits per heavy atom. The molecule has 1 atom stereocenters. The summed E-state index contributed by atoms with van der Waals surface area (Å²) in [5.74, 6) is -0.139. The Kier molecular flexibility index (Phi) is 5.47. The number of fused-ring (bicyclic) bond motifs is 2. The Morgan fingerprint density at radius 1 is 1.15 bits per heavy atom. The van der Waals surface area contributed by atoms with Crippen LogP contribution in [0.2, 0.25) is 0 Å². The van der Waals surface area contributed by atoms with Crippen LogP contribution in [-0.2, 0) is 11.3 Å². The van der Waals surface area contributed by atoms with Gasteiger partial charge in [0.2, 0.25) is 5.43 Å². The van der Waals surface area contributed by atoms with Gasteiger partial charge in [0.25, 0.3) is 5.91 Å². The summed E-state index contributed by atoms with van der Waals surface area (Å²) < 4.78 is 12.6. The maximum absolute atomic E-state index is 13.5. The van der Waals surface area contributed by atoms with E-state index in [2.05, 4.69) is 5.43 Å². The molecule has 1 spiro atoms. The maximum atomic E-state index is 13.5. The van der Waals surface area contributed by atoms with E-state index in [1.165, 1.54) is 6.07 Å². The molecule has 1 N–H and O–H groups in total. The lowest BCUT2D eigenvalue weighted by Crippen LogP contribution is -2.51. The first kappa shape index (κ1) is 21.4. The molecule has 0 aliphatic carbocycles. The second kappa shape index (κ2) is 8.46. The van der Waals surface area contributed by atoms with Crippen LogP contribution in [0.1, 0.15) is 42.2 Å². The number of carbonyl (C=O) groups excluding carboxylic acids is 2. The number of ether oxygens (including phenoxy) is 2. The third-order valence-corrected chi connectivity index (χ3v) is 6.89. The third kappa shape index (κ3) is 3.92. The zero-order chi connectivity index (χ0) is 23.0. The molecule has 2 fully saturated rings. The zero-order valence-corrected chi connectivity index (χ0v) is 18.7. The van der Waals surface area contributed by atoms with E-state index >= 15 is 0 Å². The standard InChI is InChI=1S/C24H28N4O5/c1-2-32-23(31)26-12-9-24(10-13-26)14-19-25-28-11-8-18(29)21(20(28)22(30)27(19)16-24)33-15-17-6-4-3-5-7-17/h3-8,11,19,25H,2,9-10,12-16H2,1H3. The summed E-state index contributed by atoms with van der Waals surface area (Å²) in [5, 5.41) is 0. The number of benzene rings is 1. The molecule has 9 nitrogen and oxygen atoms in total. The first-order valence-electron chi connectivity index (χ1n) is 11.4. The van der Waals surface area contributed by atoms with E-state index in [-0.39, 0.29) is 47.1 Å². The fourth-order valence-electron chi connectivity index (χ4n) is 5.12. The normalized spacial score (nSPS) is 20.8. The van der Waals surface area contributed by atoms with Crippen LogP contribution < -0.4 is 15.6 Å². The van der Waals surface area contributed by atoms with E-state index in [4.69, 9.17) is 9.47 Å². The van der Waals surface area contributed by atoms with Gasteiger partial charge in [-0.3, -0.25) is 14.3 Å². The van der Waals surface area contributed by atoms with Crippen molar-refractivity contribution in [2.24, 2.45) is 5.41 Å². The summed E-state index contributed by atoms with van der Waals surface area (Å²) in [4.78, 5) is 41.8. The van der Waals surface area contributed by atoms with Crippen LogP contribution in [0.4, 0.5) is 4.79 Å². The predicted octanol–water partition coefficient (Wildman–Crippen LogP) is 2.40. The molecule has 174 valence electrons. The summed E-state index contributed by atoms with van der Waals surface area (Å²) in [6.07, 6.45) is 3.56. The zero-order valence-electron chi connectivity index (χ0n) is 18.7. The van der Waals surface area contributed by atoms with Crippen molar-refractivity contribution < 1.29 is 19.1 Å². The number of amides is 2. The van der Waals surface area contributed by atoms with E-state index in [1.807, 2.05) is 35.2 Å². The molecular weight excluding hydrogens is 424 g/mol. The van der Waals surface area contributed by atoms with Gasteiger partial charge in [-0.25, -0.2) is 4.79 Å². The van der Waals surface area contributed by atoms with E-state index in [9.17, 15) is 14.4 Å². The van der Waals surface area contributed by atoms with Crippen LogP contribution in [0.25, 0.3) is 0 Å². The van der Waals surface area contributed by atoms with E-state index in [1.54, 1.807) is 22.7 Å². The van der Waals surface area contributed by atoms with Gasteiger partial charge >= 0.3 is 6.09 Å². The van der Waals surface area contributed by atoms with Gasteiger partial charge in [-0.15, -0.1) is 0 Å². The molecule has 5 rings (SSSR count). The lowest BCUT2D eigenvalue weighted by Gasteiger charge is -2.38. The molecule has 3 aliphatic heterocycles. The minimum Gasteiger partial charge on any atom is -0.482 e. The minimum absolute atomic E-state index is 0.0652. The molecule has 3 aliphatic rings. The van der Waals surface area contributed by atoms with Crippen molar-refractivity contribution in [1.82, 2.24) is 14.5 Å². The predicted molar refractivity (Wildman–Crippen MR) is 121 cm³/mol. The molecule has 1 aromatic carbocycles. The van der Waals surface area contributed by atoms with Crippen LogP contribution in [0, 0.1) is 5.41 Å². The number of hydrogen-bond acceptors (Lipinski definition) is 6. The Morgan fingerprint density at radius 2 is 1.91 bits per heavy atom. The molecule has 2 amide bonds. The van der Waals surface area contributed by atoms with Gasteiger partial charge in [0.15, 0.2) is 11.4 Å². The minimum atomic E-state index is -0.317. The SMILES string of the molecule is CCOC(=O)N1CCC2(CC1)CC1Nn3ccc(=O)c(OCc4ccccc4)c3C(=O)N1C2. The number of hydrogen-bond donors (Lipinski definition) is 1. The number of pyridine rings is 1. The molecule has 2 aromatic rings. The van der Waals surface area contributed by atoms with Gasteiger partial charge in [-0.1, -0.05) is 30.3 Å². The highest BCUT2D eigenvalue weighted by atomic mass is 16.6. The first-order valence-corrected chi connectivity index (χ1v) is 11.4. The summed E-state index contributed by atoms with van der Waals surface area (Å²) in [7, 11) is 0. The number of aromatic nitrogens is 1. The van der Waals surface area contributed by atoms with Crippen molar-refractivity contribution in [1.29, 1.82) is 0 Å². The summed E-state index contributed by atoms with van der Waals surface area (Å²) in [6, 6.07) is 11.0. The highest BCUT2D eigenvalue weighted by Gasteiger charge is 2.50. The number of nitrogens with zero attached hydrogens (tertiary/aromatic N) is 3. The van der Waals surface area contributed by atoms with Crippen molar-refractivity contribution in [2.75, 3.05) is 31.7 Å². The van der Waals surface area contributed by atoms with Gasteiger partial charge in [0.05, 0.1) is 6.61 Å². The molecule has 33 heavy (non-hydrogen) atoms. The third-order valence-electron chi connectivity index (χ3n) is 6.89. The smallest absolute Gasteiger partial charge is 0.409 e. The highest BCUT2D eigenvalue weighted by Crippen LogP contribution is 2.44. The van der Waals surface area contributed by atoms with Crippen LogP contribution in [0.5, 0.6) is 5.75 Å². The van der Waals surface area contributed by atoms with Crippen LogP contribution in [-0.4, -0.2) is 58.9 Å². The van der Waals surface area contributed by atoms with Gasteiger partial charge in [0.1, 0.15) is 12.8 Å². The van der Waals surface area contributed by atoms with Crippen LogP contribution in [0.3, 0.4) is 0 Å². The quantitative estimate of drug-likeness (QED) is 0.766. The molecule has 4 heterocycles. The molecule has 1 aromatic heterocycles. The molecule has 1 unspecified atom stereocenters. The van der Waals surface area contributed by atoms with Crippen LogP contribution in [0.15, 0.2) is 47.4 Å². The van der Waals surface area contributed by atoms with Crippen molar-refractivity contribution >= 4 is 12.0 Å².